The van der Waals surface area contributed by atoms with Crippen molar-refractivity contribution in [3.8, 4) is 5.75 Å². The number of aliphatic hydroxyl groups excluding tert-OH is 12. The molecule has 31 heteroatoms. The van der Waals surface area contributed by atoms with Gasteiger partial charge in [-0.15, -0.1) is 0 Å². The highest BCUT2D eigenvalue weighted by atomic mass is 16.8. The Bertz CT molecular complexity index is 2350. The number of carbonyl (C=O) groups is 5. The maximum atomic E-state index is 13.9. The van der Waals surface area contributed by atoms with E-state index in [9.17, 15) is 85.3 Å². The van der Waals surface area contributed by atoms with Crippen LogP contribution < -0.4 is 31.3 Å². The number of rotatable bonds is 30. The molecule has 1 aromatic carbocycles. The van der Waals surface area contributed by atoms with E-state index in [1.807, 2.05) is 0 Å². The average Bonchev–Trinajstić information content (AvgIpc) is 1.44. The molecule has 0 radical (unpaired) electrons. The quantitative estimate of drug-likeness (QED) is 0.0320. The zero-order valence-electron chi connectivity index (χ0n) is 50.1. The Kier molecular flexibility index (Phi) is 28.8. The number of hydrogen-bond acceptors (Lipinski definition) is 26. The summed E-state index contributed by atoms with van der Waals surface area (Å²) in [5, 5.41) is 146. The van der Waals surface area contributed by atoms with E-state index in [2.05, 4.69) is 33.5 Å². The number of amides is 5. The van der Waals surface area contributed by atoms with Crippen molar-refractivity contribution in [1.82, 2.24) is 26.6 Å². The average molecular weight is 1260 g/mol. The van der Waals surface area contributed by atoms with Gasteiger partial charge in [-0.05, 0) is 31.0 Å². The second-order valence-electron chi connectivity index (χ2n) is 23.1. The molecule has 0 bridgehead atoms. The Balaban J connectivity index is 1.18. The molecule has 4 saturated heterocycles. The van der Waals surface area contributed by atoms with Crippen molar-refractivity contribution in [2.45, 2.75) is 246 Å². The molecule has 25 atom stereocenters. The van der Waals surface area contributed by atoms with Crippen molar-refractivity contribution in [2.75, 3.05) is 39.6 Å². The first-order valence-corrected chi connectivity index (χ1v) is 30.2. The standard InChI is InChI=1S/C57H93N5O26/c1-6-7-8-9-10-11-12-13-14-18-80-32-17-15-16-30(19-32)53(78)62-38-33(20-31(21-63)43(72)44(38)73)81-49-35(23-65)83-55(40(46(49)75)59-27(3)69)87-51-37(25-67)85-57(42(48(51)77)61-29(5)71)88-52-36(24-66)84-56(41(47(52)76)60-28(4)70)86-50-34(22-64)82-54(79)39(45(50)74)58-26(2)68/h15-17,19,31,33-52,54-57,63-67,72-77,79H,6-14,18,20-25H2,1-5H3,(H,58,68)(H,59,69)(H,60,70)(H,61,71)(H,62,78)/t31?,33?,34?,35-,36-,37?,38+,39-,40?,41?,42-,43+,44+,45+,46?,47?,48+,49+,50?,51?,52+,54+,55?,56?,57-/m0/s1. The molecule has 17 N–H and O–H groups in total. The van der Waals surface area contributed by atoms with Gasteiger partial charge in [0.25, 0.3) is 5.91 Å². The molecular weight excluding hydrogens is 1170 g/mol. The van der Waals surface area contributed by atoms with E-state index >= 15 is 0 Å². The molecule has 88 heavy (non-hydrogen) atoms. The van der Waals surface area contributed by atoms with Crippen molar-refractivity contribution in [1.29, 1.82) is 0 Å². The molecular formula is C57H93N5O26. The fourth-order valence-corrected chi connectivity index (χ4v) is 11.9. The lowest BCUT2D eigenvalue weighted by atomic mass is 9.79. The summed E-state index contributed by atoms with van der Waals surface area (Å²) in [6, 6.07) is -1.66. The number of carbonyl (C=O) groups excluding carboxylic acids is 5. The fraction of sp³-hybridized carbons (Fsp3) is 0.807. The third kappa shape index (κ3) is 18.9. The van der Waals surface area contributed by atoms with Crippen LogP contribution in [0.15, 0.2) is 24.3 Å². The minimum atomic E-state index is -2.01. The SMILES string of the molecule is CCCCCCCCCCCOc1cccc(C(=O)N[C@@H]2C(O[C@H]3C(O)C(NC(C)=O)C(OC4C(CO)O[C@@H](O[C@H]5C(O)C(NC(C)=O)C(OC6C(CO)O[C@@H](O)[C@@H](NC(C)=O)[C@H]6O)O[C@H]5CO)[C@@H](NC(C)=O)[C@H]4O)O[C@H]3CO)CC(CO)[C@@H](O)[C@@H]2O)c1. The molecule has 0 spiro atoms. The first-order valence-electron chi connectivity index (χ1n) is 30.2. The molecule has 1 aromatic rings. The van der Waals surface area contributed by atoms with Crippen LogP contribution in [0.5, 0.6) is 5.75 Å². The van der Waals surface area contributed by atoms with Crippen LogP contribution in [0.1, 0.15) is 109 Å². The predicted octanol–water partition coefficient (Wildman–Crippen LogP) is -5.34. The van der Waals surface area contributed by atoms with Crippen molar-refractivity contribution >= 4 is 29.5 Å². The van der Waals surface area contributed by atoms with Crippen LogP contribution in [0.25, 0.3) is 0 Å². The van der Waals surface area contributed by atoms with Crippen LogP contribution in [0.4, 0.5) is 0 Å². The van der Waals surface area contributed by atoms with Gasteiger partial charge in [0.05, 0.1) is 51.3 Å². The summed E-state index contributed by atoms with van der Waals surface area (Å²) in [6.45, 7) is 2.47. The zero-order chi connectivity index (χ0) is 64.5. The summed E-state index contributed by atoms with van der Waals surface area (Å²) in [6.07, 6.45) is -23.1. The third-order valence-electron chi connectivity index (χ3n) is 16.4. The minimum Gasteiger partial charge on any atom is -0.494 e. The van der Waals surface area contributed by atoms with Crippen molar-refractivity contribution in [3.05, 3.63) is 29.8 Å². The largest absolute Gasteiger partial charge is 0.494 e. The summed E-state index contributed by atoms with van der Waals surface area (Å²) in [4.78, 5) is 64.2. The van der Waals surface area contributed by atoms with Crippen molar-refractivity contribution < 1.29 is 128 Å². The van der Waals surface area contributed by atoms with Gasteiger partial charge < -0.3 is 130 Å². The van der Waals surface area contributed by atoms with E-state index in [4.69, 9.17) is 42.6 Å². The van der Waals surface area contributed by atoms with Gasteiger partial charge in [-0.1, -0.05) is 64.4 Å². The minimum absolute atomic E-state index is 0.127. The monoisotopic (exact) mass is 1260 g/mol. The molecule has 5 aliphatic rings. The molecule has 1 aliphatic carbocycles. The summed E-state index contributed by atoms with van der Waals surface area (Å²) < 4.78 is 54.4. The van der Waals surface area contributed by atoms with Crippen molar-refractivity contribution in [2.24, 2.45) is 5.92 Å². The summed E-state index contributed by atoms with van der Waals surface area (Å²) in [5.41, 5.74) is 0.127. The molecule has 4 heterocycles. The highest BCUT2D eigenvalue weighted by molar-refractivity contribution is 5.94. The zero-order valence-corrected chi connectivity index (χ0v) is 50.1. The molecule has 5 amide bonds. The maximum Gasteiger partial charge on any atom is 0.251 e. The van der Waals surface area contributed by atoms with Gasteiger partial charge in [0.2, 0.25) is 23.6 Å². The Morgan fingerprint density at radius 2 is 0.864 bits per heavy atom. The number of aliphatic hydroxyl groups is 12. The van der Waals surface area contributed by atoms with Gasteiger partial charge in [0.1, 0.15) is 109 Å². The Hall–Kier alpha value is -4.43. The second kappa shape index (κ2) is 34.8. The van der Waals surface area contributed by atoms with E-state index in [1.54, 1.807) is 12.1 Å². The number of benzene rings is 1. The van der Waals surface area contributed by atoms with Crippen LogP contribution in [0, 0.1) is 5.92 Å². The molecule has 31 nitrogen and oxygen atoms in total. The third-order valence-corrected chi connectivity index (χ3v) is 16.4. The number of unbranched alkanes of at least 4 members (excludes halogenated alkanes) is 8. The van der Waals surface area contributed by atoms with Gasteiger partial charge in [0.15, 0.2) is 25.2 Å². The molecule has 502 valence electrons. The van der Waals surface area contributed by atoms with Crippen LogP contribution in [0.2, 0.25) is 0 Å². The van der Waals surface area contributed by atoms with Gasteiger partial charge in [-0.25, -0.2) is 0 Å². The van der Waals surface area contributed by atoms with E-state index in [1.165, 1.54) is 44.2 Å². The Morgan fingerprint density at radius 1 is 0.466 bits per heavy atom. The lowest BCUT2D eigenvalue weighted by Crippen LogP contribution is -2.72. The predicted molar refractivity (Wildman–Crippen MR) is 301 cm³/mol. The topological polar surface area (TPSA) is 471 Å². The number of ether oxygens (including phenoxy) is 9. The van der Waals surface area contributed by atoms with Crippen LogP contribution in [-0.2, 0) is 57.1 Å². The molecule has 0 aromatic heterocycles. The fourth-order valence-electron chi connectivity index (χ4n) is 11.9. The lowest BCUT2D eigenvalue weighted by molar-refractivity contribution is -0.363. The van der Waals surface area contributed by atoms with E-state index in [0.29, 0.717) is 12.4 Å². The second-order valence-corrected chi connectivity index (χ2v) is 23.1. The van der Waals surface area contributed by atoms with Gasteiger partial charge in [-0.2, -0.15) is 0 Å². The highest BCUT2D eigenvalue weighted by Gasteiger charge is 2.57. The van der Waals surface area contributed by atoms with Crippen molar-refractivity contribution in [3.63, 3.8) is 0 Å². The first kappa shape index (κ1) is 72.6. The molecule has 6 rings (SSSR count). The highest BCUT2D eigenvalue weighted by Crippen LogP contribution is 2.37. The normalized spacial score (nSPS) is 37.7. The van der Waals surface area contributed by atoms with Crippen LogP contribution in [0.3, 0.4) is 0 Å². The van der Waals surface area contributed by atoms with E-state index < -0.39 is 215 Å². The van der Waals surface area contributed by atoms with Crippen LogP contribution in [-0.4, -0.2) is 277 Å². The molecule has 4 aliphatic heterocycles. The Morgan fingerprint density at radius 3 is 1.28 bits per heavy atom. The lowest BCUT2D eigenvalue weighted by Gasteiger charge is -2.51. The molecule has 5 fully saturated rings. The maximum absolute atomic E-state index is 13.9. The molecule has 12 unspecified atom stereocenters. The summed E-state index contributed by atoms with van der Waals surface area (Å²) >= 11 is 0. The van der Waals surface area contributed by atoms with Crippen LogP contribution >= 0.6 is 0 Å². The smallest absolute Gasteiger partial charge is 0.251 e. The number of nitrogens with one attached hydrogen (secondary N) is 5. The van der Waals surface area contributed by atoms with E-state index in [-0.39, 0.29) is 12.0 Å². The first-order chi connectivity index (χ1) is 42.0. The number of hydrogen-bond donors (Lipinski definition) is 17. The van der Waals surface area contributed by atoms with Gasteiger partial charge in [0, 0.05) is 45.8 Å². The summed E-state index contributed by atoms with van der Waals surface area (Å²) in [5.74, 6) is -4.36. The summed E-state index contributed by atoms with van der Waals surface area (Å²) in [7, 11) is 0. The van der Waals surface area contributed by atoms with Gasteiger partial charge >= 0.3 is 0 Å². The Labute approximate surface area is 509 Å². The van der Waals surface area contributed by atoms with E-state index in [0.717, 1.165) is 53.4 Å². The molecule has 1 saturated carbocycles. The van der Waals surface area contributed by atoms with Gasteiger partial charge in [-0.3, -0.25) is 24.0 Å².